The third-order valence-electron chi connectivity index (χ3n) is 17.7. The number of halogens is 1. The molecule has 1 aliphatic heterocycles. The molecule has 13 N–H and O–H groups in total. The van der Waals surface area contributed by atoms with E-state index in [-0.39, 0.29) is 141 Å². The van der Waals surface area contributed by atoms with Crippen LogP contribution in [0, 0.1) is 17.8 Å². The monoisotopic (exact) mass is 1470 g/mol. The van der Waals surface area contributed by atoms with Crippen LogP contribution in [0.3, 0.4) is 0 Å². The highest BCUT2D eigenvalue weighted by atomic mass is 28.4. The van der Waals surface area contributed by atoms with Crippen molar-refractivity contribution in [1.29, 1.82) is 0 Å². The second-order valence-corrected chi connectivity index (χ2v) is 32.7. The van der Waals surface area contributed by atoms with Crippen LogP contribution in [0.25, 0.3) is 0 Å². The molecular formula is C67H103FN8O25Si. The number of unbranched alkanes of at least 4 members (excludes halogenated alkanes) is 2. The number of aliphatic carboxylic acids is 9. The number of ketones is 3. The van der Waals surface area contributed by atoms with Crippen molar-refractivity contribution in [2.45, 2.75) is 185 Å². The molecule has 1 fully saturated rings. The van der Waals surface area contributed by atoms with Gasteiger partial charge in [0.15, 0.2) is 0 Å². The summed E-state index contributed by atoms with van der Waals surface area (Å²) in [5, 5.41) is 96.1. The summed E-state index contributed by atoms with van der Waals surface area (Å²) in [6, 6.07) is 1.51. The van der Waals surface area contributed by atoms with Crippen LogP contribution in [0.5, 0.6) is 0 Å². The maximum absolute atomic E-state index is 17.2. The molecule has 35 heteroatoms. The van der Waals surface area contributed by atoms with E-state index in [0.29, 0.717) is 5.19 Å². The van der Waals surface area contributed by atoms with Gasteiger partial charge < -0.3 is 71.3 Å². The lowest BCUT2D eigenvalue weighted by atomic mass is 9.90. The summed E-state index contributed by atoms with van der Waals surface area (Å²) in [6.45, 7) is 8.94. The topological polar surface area (TPSA) is 516 Å². The SMILES string of the molecule is CC(C)(C)[Si](F)(c1ccc(C(=O)NC[C@@H](CC(=O)CC[C@@H](C(=O)O)N2CCN(CC(=O)O)CCN(CC(=O)O)CCN(CC(=O)O)CC2)C(=O)N[C@H](CCCCNC(=O)CCC(=O)CCCC[C@@H](NC(=O)CC[C@H](CC(=O)C[C@@H](CCC(=O)O)C(=O)O)C(=O)O)C(=O)O)C(=O)O)cc1)C(C)(C)C. The van der Waals surface area contributed by atoms with Gasteiger partial charge in [0.25, 0.3) is 14.3 Å². The van der Waals surface area contributed by atoms with E-state index in [9.17, 15) is 118 Å². The molecule has 1 aliphatic rings. The first-order valence-electron chi connectivity index (χ1n) is 34.0. The Labute approximate surface area is 591 Å². The quantitative estimate of drug-likeness (QED) is 0.0253. The van der Waals surface area contributed by atoms with Crippen molar-refractivity contribution in [3.05, 3.63) is 29.8 Å². The summed E-state index contributed by atoms with van der Waals surface area (Å²) in [4.78, 5) is 206. The number of carbonyl (C=O) groups is 16. The van der Waals surface area contributed by atoms with E-state index in [1.165, 1.54) is 43.9 Å². The minimum Gasteiger partial charge on any atom is -0.481 e. The van der Waals surface area contributed by atoms with Crippen molar-refractivity contribution in [3.63, 3.8) is 0 Å². The molecule has 0 unspecified atom stereocenters. The van der Waals surface area contributed by atoms with E-state index in [4.69, 9.17) is 5.11 Å². The van der Waals surface area contributed by atoms with Crippen LogP contribution >= 0.6 is 0 Å². The van der Waals surface area contributed by atoms with Crippen LogP contribution in [-0.2, 0) is 71.9 Å². The van der Waals surface area contributed by atoms with E-state index in [1.54, 1.807) is 0 Å². The van der Waals surface area contributed by atoms with E-state index in [2.05, 4.69) is 21.3 Å². The Morgan fingerprint density at radius 1 is 0.431 bits per heavy atom. The van der Waals surface area contributed by atoms with Crippen LogP contribution in [0.15, 0.2) is 24.3 Å². The maximum Gasteiger partial charge on any atom is 0.326 e. The molecular weight excluding hydrogens is 1360 g/mol. The number of hydrogen-bond acceptors (Lipinski definition) is 20. The van der Waals surface area contributed by atoms with Gasteiger partial charge in [0.1, 0.15) is 35.5 Å². The van der Waals surface area contributed by atoms with Gasteiger partial charge in [-0.2, -0.15) is 0 Å². The molecule has 1 saturated heterocycles. The zero-order valence-corrected chi connectivity index (χ0v) is 59.9. The fraction of sp³-hybridized carbons (Fsp3) is 0.672. The van der Waals surface area contributed by atoms with Crippen LogP contribution in [0.1, 0.15) is 167 Å². The minimum absolute atomic E-state index is 0.0163. The van der Waals surface area contributed by atoms with Crippen LogP contribution < -0.4 is 26.5 Å². The molecule has 102 heavy (non-hydrogen) atoms. The Kier molecular flexibility index (Phi) is 38.5. The zero-order valence-electron chi connectivity index (χ0n) is 58.9. The average molecular weight is 1470 g/mol. The van der Waals surface area contributed by atoms with Crippen LogP contribution in [-0.4, -0.2) is 272 Å². The fourth-order valence-corrected chi connectivity index (χ4v) is 16.8. The lowest BCUT2D eigenvalue weighted by molar-refractivity contribution is -0.147. The third-order valence-corrected chi connectivity index (χ3v) is 23.0. The molecule has 0 radical (unpaired) electrons. The number of carbonyl (C=O) groups excluding carboxylic acids is 7. The largest absolute Gasteiger partial charge is 0.481 e. The Hall–Kier alpha value is -8.67. The Morgan fingerprint density at radius 2 is 0.882 bits per heavy atom. The number of carboxylic acids is 9. The molecule has 33 nitrogen and oxygen atoms in total. The van der Waals surface area contributed by atoms with Crippen molar-refractivity contribution in [3.8, 4) is 0 Å². The standard InChI is InChI=1S/C67H103FN8O25Si/c1-66(2,3)102(68,67(4,5)6)49-20-14-42(15-21-49)59(90)70-38-45(37-47(78)18-22-52(65(100)101)76-33-31-74(40-57(86)87)29-27-73(39-56(84)85)28-30-75(32-34-76)41-58(88)89)60(91)72-51(64(98)99)13-9-10-26-69-53(80)24-19-46(77)11-7-8-12-50(63(96)97)71-54(81)23-16-43(61(92)93)35-48(79)36-44(62(94)95)17-25-55(82)83/h14-15,20-21,43-45,50-52H,7-13,16-19,22-41H2,1-6H3,(H,69,80)(H,70,90)(H,71,81)(H,72,91)(H,82,83)(H,84,85)(H,86,87)(H,88,89)(H,92,93)(H,94,95)(H,96,97)(H,98,99)(H,100,101)/t43-,44-,45-,50-,51-,52+/m1/s1. The van der Waals surface area contributed by atoms with Gasteiger partial charge in [-0.05, 0) is 78.8 Å². The summed E-state index contributed by atoms with van der Waals surface area (Å²) in [7, 11) is -3.76. The summed E-state index contributed by atoms with van der Waals surface area (Å²) in [5.74, 6) is -21.2. The van der Waals surface area contributed by atoms with Crippen molar-refractivity contribution in [2.75, 3.05) is 85.1 Å². The second-order valence-electron chi connectivity index (χ2n) is 27.8. The number of nitrogens with zero attached hydrogens (tertiary/aromatic N) is 4. The van der Waals surface area contributed by atoms with Crippen LogP contribution in [0.2, 0.25) is 10.1 Å². The molecule has 572 valence electrons. The number of hydrogen-bond donors (Lipinski definition) is 13. The summed E-state index contributed by atoms with van der Waals surface area (Å²) in [6.07, 6.45) is -4.80. The van der Waals surface area contributed by atoms with Gasteiger partial charge >= 0.3 is 53.7 Å². The molecule has 1 aromatic rings. The van der Waals surface area contributed by atoms with Gasteiger partial charge in [-0.25, -0.2) is 9.59 Å². The van der Waals surface area contributed by atoms with Gasteiger partial charge in [-0.15, -0.1) is 0 Å². The smallest absolute Gasteiger partial charge is 0.326 e. The first-order valence-corrected chi connectivity index (χ1v) is 35.8. The van der Waals surface area contributed by atoms with Crippen LogP contribution in [0.4, 0.5) is 4.11 Å². The van der Waals surface area contributed by atoms with Gasteiger partial charge in [0.2, 0.25) is 17.7 Å². The summed E-state index contributed by atoms with van der Waals surface area (Å²) < 4.78 is 17.2. The second kappa shape index (κ2) is 44.0. The zero-order chi connectivity index (χ0) is 77.2. The molecule has 0 saturated carbocycles. The average Bonchev–Trinajstić information content (AvgIpc) is 0.748. The van der Waals surface area contributed by atoms with Gasteiger partial charge in [0.05, 0.1) is 37.4 Å². The molecule has 1 aromatic carbocycles. The fourth-order valence-electron chi connectivity index (χ4n) is 12.2. The summed E-state index contributed by atoms with van der Waals surface area (Å²) >= 11 is 0. The Bertz CT molecular complexity index is 3040. The molecule has 2 rings (SSSR count). The molecule has 0 bridgehead atoms. The first-order chi connectivity index (χ1) is 47.5. The third kappa shape index (κ3) is 33.4. The Morgan fingerprint density at radius 3 is 1.32 bits per heavy atom. The molecule has 0 aromatic heterocycles. The number of nitrogens with one attached hydrogen (secondary N) is 4. The first kappa shape index (κ1) is 89.4. The molecule has 0 spiro atoms. The lowest BCUT2D eigenvalue weighted by Crippen LogP contribution is -2.57. The van der Waals surface area contributed by atoms with Crippen molar-refractivity contribution in [1.82, 2.24) is 40.9 Å². The van der Waals surface area contributed by atoms with E-state index < -0.39 is 214 Å². The highest BCUT2D eigenvalue weighted by Crippen LogP contribution is 2.51. The molecule has 1 heterocycles. The number of amides is 4. The highest BCUT2D eigenvalue weighted by molar-refractivity contribution is 6.90. The molecule has 6 atom stereocenters. The Balaban J connectivity index is 2.15. The minimum atomic E-state index is -3.76. The van der Waals surface area contributed by atoms with Gasteiger partial charge in [-0.1, -0.05) is 60.1 Å². The van der Waals surface area contributed by atoms with E-state index in [1.807, 2.05) is 41.5 Å². The van der Waals surface area contributed by atoms with Crippen molar-refractivity contribution in [2.24, 2.45) is 17.8 Å². The predicted octanol–water partition coefficient (Wildman–Crippen LogP) is 2.15. The predicted molar refractivity (Wildman–Crippen MR) is 364 cm³/mol. The van der Waals surface area contributed by atoms with Crippen molar-refractivity contribution < 1.29 is 127 Å². The normalized spacial score (nSPS) is 15.8. The molecule has 4 amide bonds. The number of carboxylic acid groups (broad SMARTS) is 9. The van der Waals surface area contributed by atoms with E-state index in [0.717, 1.165) is 0 Å². The highest BCUT2D eigenvalue weighted by Gasteiger charge is 2.56. The number of benzene rings is 1. The van der Waals surface area contributed by atoms with Gasteiger partial charge in [-0.3, -0.25) is 86.7 Å². The molecule has 0 aliphatic carbocycles. The van der Waals surface area contributed by atoms with Gasteiger partial charge in [0, 0.05) is 129 Å². The van der Waals surface area contributed by atoms with Crippen molar-refractivity contribution >= 4 is 108 Å². The summed E-state index contributed by atoms with van der Waals surface area (Å²) in [5.41, 5.74) is 0.0713. The maximum atomic E-state index is 17.2. The lowest BCUT2D eigenvalue weighted by Gasteiger charge is -2.44. The number of Topliss-reactive ketones (excluding diaryl/α,β-unsaturated/α-hetero) is 3. The van der Waals surface area contributed by atoms with E-state index >= 15 is 4.11 Å². The number of rotatable bonds is 47.